The lowest BCUT2D eigenvalue weighted by Gasteiger charge is -2.26. The molecule has 1 atom stereocenters. The Labute approximate surface area is 119 Å². The van der Waals surface area contributed by atoms with Crippen LogP contribution in [0.25, 0.3) is 0 Å². The van der Waals surface area contributed by atoms with Gasteiger partial charge in [-0.2, -0.15) is 0 Å². The molecule has 0 bridgehead atoms. The topological polar surface area (TPSA) is 26.0 Å². The van der Waals surface area contributed by atoms with Crippen molar-refractivity contribution in [1.29, 1.82) is 0 Å². The first kappa shape index (κ1) is 12.9. The molecule has 1 heterocycles. The van der Waals surface area contributed by atoms with Crippen molar-refractivity contribution in [3.8, 4) is 0 Å². The molecule has 1 aromatic carbocycles. The van der Waals surface area contributed by atoms with Crippen molar-refractivity contribution in [2.45, 2.75) is 44.6 Å². The summed E-state index contributed by atoms with van der Waals surface area (Å²) in [5, 5.41) is 0. The molecule has 1 fully saturated rings. The highest BCUT2D eigenvalue weighted by Crippen LogP contribution is 2.37. The molecular formula is C17H21NS. The van der Waals surface area contributed by atoms with Gasteiger partial charge in [-0.3, -0.25) is 0 Å². The van der Waals surface area contributed by atoms with Crippen molar-refractivity contribution in [3.05, 3.63) is 57.3 Å². The van der Waals surface area contributed by atoms with Gasteiger partial charge in [-0.15, -0.1) is 11.3 Å². The van der Waals surface area contributed by atoms with E-state index in [-0.39, 0.29) is 6.04 Å². The third kappa shape index (κ3) is 2.60. The third-order valence-corrected chi connectivity index (χ3v) is 5.52. The highest BCUT2D eigenvalue weighted by atomic mass is 32.1. The van der Waals surface area contributed by atoms with E-state index in [1.807, 2.05) is 11.3 Å². The van der Waals surface area contributed by atoms with Crippen LogP contribution in [-0.2, 0) is 6.42 Å². The van der Waals surface area contributed by atoms with Gasteiger partial charge in [0.1, 0.15) is 0 Å². The van der Waals surface area contributed by atoms with Gasteiger partial charge in [0.2, 0.25) is 0 Å². The van der Waals surface area contributed by atoms with Crippen molar-refractivity contribution in [3.63, 3.8) is 0 Å². The highest BCUT2D eigenvalue weighted by molar-refractivity contribution is 7.12. The summed E-state index contributed by atoms with van der Waals surface area (Å²) in [4.78, 5) is 2.68. The summed E-state index contributed by atoms with van der Waals surface area (Å²) in [7, 11) is 0. The largest absolute Gasteiger partial charge is 0.320 e. The number of hydrogen-bond acceptors (Lipinski definition) is 2. The monoisotopic (exact) mass is 271 g/mol. The number of aryl methyl sites for hydroxylation is 1. The summed E-state index contributed by atoms with van der Waals surface area (Å²) in [6.07, 6.45) is 5.20. The zero-order chi connectivity index (χ0) is 13.2. The fourth-order valence-electron chi connectivity index (χ4n) is 2.63. The first-order valence-electron chi connectivity index (χ1n) is 7.22. The molecule has 3 rings (SSSR count). The van der Waals surface area contributed by atoms with Crippen LogP contribution in [0.4, 0.5) is 0 Å². The molecular weight excluding hydrogens is 250 g/mol. The lowest BCUT2D eigenvalue weighted by molar-refractivity contribution is 0.419. The Morgan fingerprint density at radius 1 is 1.16 bits per heavy atom. The molecule has 0 aliphatic heterocycles. The van der Waals surface area contributed by atoms with Crippen LogP contribution in [0.15, 0.2) is 36.4 Å². The van der Waals surface area contributed by atoms with E-state index in [4.69, 9.17) is 5.73 Å². The van der Waals surface area contributed by atoms with Gasteiger partial charge in [-0.25, -0.2) is 0 Å². The maximum absolute atomic E-state index is 6.37. The zero-order valence-corrected chi connectivity index (χ0v) is 12.2. The van der Waals surface area contributed by atoms with Gasteiger partial charge >= 0.3 is 0 Å². The van der Waals surface area contributed by atoms with Crippen LogP contribution in [0.5, 0.6) is 0 Å². The van der Waals surface area contributed by atoms with E-state index < -0.39 is 0 Å². The Hall–Kier alpha value is -1.12. The van der Waals surface area contributed by atoms with Crippen LogP contribution in [0, 0.1) is 0 Å². The standard InChI is InChI=1S/C17H21NS/c1-2-15-10-11-16(19-15)17(18)14-8-6-13(7-9-14)12-4-3-5-12/h6-12,17H,2-5,18H2,1H3. The third-order valence-electron chi connectivity index (χ3n) is 4.21. The van der Waals surface area contributed by atoms with Crippen molar-refractivity contribution in [1.82, 2.24) is 0 Å². The Morgan fingerprint density at radius 3 is 2.42 bits per heavy atom. The molecule has 1 aliphatic carbocycles. The molecule has 19 heavy (non-hydrogen) atoms. The van der Waals surface area contributed by atoms with Crippen molar-refractivity contribution >= 4 is 11.3 Å². The number of hydrogen-bond donors (Lipinski definition) is 1. The van der Waals surface area contributed by atoms with Crippen molar-refractivity contribution < 1.29 is 0 Å². The summed E-state index contributed by atoms with van der Waals surface area (Å²) in [6, 6.07) is 13.4. The summed E-state index contributed by atoms with van der Waals surface area (Å²) < 4.78 is 0. The van der Waals surface area contributed by atoms with Gasteiger partial charge in [-0.05, 0) is 48.4 Å². The molecule has 0 saturated heterocycles. The van der Waals surface area contributed by atoms with E-state index >= 15 is 0 Å². The first-order valence-corrected chi connectivity index (χ1v) is 8.03. The predicted octanol–water partition coefficient (Wildman–Crippen LogP) is 4.63. The summed E-state index contributed by atoms with van der Waals surface area (Å²) >= 11 is 1.84. The van der Waals surface area contributed by atoms with E-state index in [1.54, 1.807) is 0 Å². The van der Waals surface area contributed by atoms with Gasteiger partial charge in [-0.1, -0.05) is 37.6 Å². The molecule has 1 nitrogen and oxygen atoms in total. The smallest absolute Gasteiger partial charge is 0.0646 e. The van der Waals surface area contributed by atoms with Crippen LogP contribution in [0.2, 0.25) is 0 Å². The average molecular weight is 271 g/mol. The first-order chi connectivity index (χ1) is 9.28. The zero-order valence-electron chi connectivity index (χ0n) is 11.4. The minimum Gasteiger partial charge on any atom is -0.320 e. The maximum atomic E-state index is 6.37. The predicted molar refractivity (Wildman–Crippen MR) is 82.8 cm³/mol. The minimum atomic E-state index is 0.0285. The quantitative estimate of drug-likeness (QED) is 0.862. The highest BCUT2D eigenvalue weighted by Gasteiger charge is 2.19. The van der Waals surface area contributed by atoms with Crippen LogP contribution < -0.4 is 5.73 Å². The van der Waals surface area contributed by atoms with Gasteiger partial charge in [0.15, 0.2) is 0 Å². The minimum absolute atomic E-state index is 0.0285. The van der Waals surface area contributed by atoms with Gasteiger partial charge in [0.25, 0.3) is 0 Å². The second-order valence-corrected chi connectivity index (χ2v) is 6.63. The second-order valence-electron chi connectivity index (χ2n) is 5.43. The normalized spacial score (nSPS) is 17.2. The summed E-state index contributed by atoms with van der Waals surface area (Å²) in [5.74, 6) is 0.804. The Bertz CT molecular complexity index is 537. The molecule has 2 heteroatoms. The molecule has 1 aliphatic rings. The Balaban J connectivity index is 1.77. The number of benzene rings is 1. The molecule has 0 amide bonds. The fraction of sp³-hybridized carbons (Fsp3) is 0.412. The molecule has 1 saturated carbocycles. The SMILES string of the molecule is CCc1ccc(C(N)c2ccc(C3CCC3)cc2)s1. The lowest BCUT2D eigenvalue weighted by Crippen LogP contribution is -2.12. The Morgan fingerprint density at radius 2 is 1.89 bits per heavy atom. The van der Waals surface area contributed by atoms with Crippen LogP contribution >= 0.6 is 11.3 Å². The molecule has 2 N–H and O–H groups in total. The van der Waals surface area contributed by atoms with Crippen LogP contribution in [0.3, 0.4) is 0 Å². The van der Waals surface area contributed by atoms with Gasteiger partial charge in [0, 0.05) is 9.75 Å². The van der Waals surface area contributed by atoms with E-state index in [0.717, 1.165) is 12.3 Å². The molecule has 0 spiro atoms. The van der Waals surface area contributed by atoms with Crippen molar-refractivity contribution in [2.75, 3.05) is 0 Å². The van der Waals surface area contributed by atoms with E-state index in [2.05, 4.69) is 43.3 Å². The summed E-state index contributed by atoms with van der Waals surface area (Å²) in [6.45, 7) is 2.19. The van der Waals surface area contributed by atoms with Crippen LogP contribution in [-0.4, -0.2) is 0 Å². The number of nitrogens with two attached hydrogens (primary N) is 1. The van der Waals surface area contributed by atoms with E-state index in [0.29, 0.717) is 0 Å². The lowest BCUT2D eigenvalue weighted by atomic mass is 9.80. The molecule has 0 radical (unpaired) electrons. The maximum Gasteiger partial charge on any atom is 0.0646 e. The molecule has 1 aromatic heterocycles. The van der Waals surface area contributed by atoms with Gasteiger partial charge < -0.3 is 5.73 Å². The van der Waals surface area contributed by atoms with Crippen molar-refractivity contribution in [2.24, 2.45) is 5.73 Å². The number of rotatable bonds is 4. The Kier molecular flexibility index (Phi) is 3.72. The molecule has 2 aromatic rings. The average Bonchev–Trinajstić information content (AvgIpc) is 2.85. The number of thiophene rings is 1. The van der Waals surface area contributed by atoms with Crippen LogP contribution in [0.1, 0.15) is 59.0 Å². The van der Waals surface area contributed by atoms with E-state index in [9.17, 15) is 0 Å². The fourth-order valence-corrected chi connectivity index (χ4v) is 3.62. The molecule has 1 unspecified atom stereocenters. The van der Waals surface area contributed by atoms with Gasteiger partial charge in [0.05, 0.1) is 6.04 Å². The summed E-state index contributed by atoms with van der Waals surface area (Å²) in [5.41, 5.74) is 9.09. The second kappa shape index (κ2) is 5.48. The van der Waals surface area contributed by atoms with E-state index in [1.165, 1.54) is 40.1 Å². The molecule has 100 valence electrons.